The lowest BCUT2D eigenvalue weighted by atomic mass is 10.2. The first-order chi connectivity index (χ1) is 5.25. The van der Waals surface area contributed by atoms with Gasteiger partial charge in [0.15, 0.2) is 0 Å². The maximum absolute atomic E-state index is 3.21. The van der Waals surface area contributed by atoms with Gasteiger partial charge in [0.2, 0.25) is 0 Å². The Morgan fingerprint density at radius 2 is 2.27 bits per heavy atom. The second-order valence-corrected chi connectivity index (χ2v) is 2.92. The van der Waals surface area contributed by atoms with Gasteiger partial charge in [-0.3, -0.25) is 0 Å². The monoisotopic (exact) mass is 149 g/mol. The van der Waals surface area contributed by atoms with Crippen LogP contribution in [-0.4, -0.2) is 4.98 Å². The Morgan fingerprint density at radius 3 is 2.82 bits per heavy atom. The molecule has 1 heteroatoms. The van der Waals surface area contributed by atoms with Gasteiger partial charge in [-0.05, 0) is 31.6 Å². The molecule has 0 aliphatic carbocycles. The Labute approximate surface area is 67.5 Å². The molecule has 60 valence electrons. The van der Waals surface area contributed by atoms with E-state index in [9.17, 15) is 0 Å². The average Bonchev–Trinajstić information content (AvgIpc) is 2.36. The number of H-pyrrole nitrogens is 1. The summed E-state index contributed by atoms with van der Waals surface area (Å²) in [5, 5.41) is 2.60. The van der Waals surface area contributed by atoms with Crippen molar-refractivity contribution in [1.29, 1.82) is 0 Å². The quantitative estimate of drug-likeness (QED) is 0.621. The normalized spacial score (nSPS) is 12.1. The van der Waals surface area contributed by atoms with Gasteiger partial charge in [-0.15, -0.1) is 0 Å². The Kier molecular flexibility index (Phi) is 2.53. The van der Waals surface area contributed by atoms with Gasteiger partial charge in [0.1, 0.15) is 0 Å². The van der Waals surface area contributed by atoms with E-state index in [0.29, 0.717) is 0 Å². The van der Waals surface area contributed by atoms with Crippen molar-refractivity contribution < 1.29 is 0 Å². The van der Waals surface area contributed by atoms with Crippen LogP contribution in [-0.2, 0) is 0 Å². The van der Waals surface area contributed by atoms with Crippen LogP contribution in [0.2, 0.25) is 0 Å². The molecule has 0 saturated heterocycles. The van der Waals surface area contributed by atoms with Crippen LogP contribution in [0.25, 0.3) is 11.6 Å². The van der Waals surface area contributed by atoms with Crippen molar-refractivity contribution in [3.63, 3.8) is 0 Å². The molecule has 1 aromatic rings. The SMILES string of the molecule is CC/C=c1/[nH]ccc1=C(C)C. The summed E-state index contributed by atoms with van der Waals surface area (Å²) in [7, 11) is 0. The summed E-state index contributed by atoms with van der Waals surface area (Å²) in [4.78, 5) is 3.21. The first kappa shape index (κ1) is 8.12. The van der Waals surface area contributed by atoms with E-state index in [0.717, 1.165) is 6.42 Å². The fourth-order valence-electron chi connectivity index (χ4n) is 1.19. The Bertz CT molecular complexity index is 326. The standard InChI is InChI=1S/C10H15N/c1-4-5-10-9(8(2)3)6-7-11-10/h5-7,11H,4H2,1-3H3/b10-5+. The van der Waals surface area contributed by atoms with Gasteiger partial charge in [0.05, 0.1) is 0 Å². The van der Waals surface area contributed by atoms with E-state index >= 15 is 0 Å². The molecular formula is C10H15N. The van der Waals surface area contributed by atoms with Crippen molar-refractivity contribution in [2.75, 3.05) is 0 Å². The minimum Gasteiger partial charge on any atom is -0.361 e. The number of hydrogen-bond acceptors (Lipinski definition) is 0. The van der Waals surface area contributed by atoms with Crippen LogP contribution in [0, 0.1) is 0 Å². The van der Waals surface area contributed by atoms with Crippen molar-refractivity contribution in [3.8, 4) is 0 Å². The van der Waals surface area contributed by atoms with Crippen LogP contribution in [0.5, 0.6) is 0 Å². The lowest BCUT2D eigenvalue weighted by Gasteiger charge is -1.84. The maximum Gasteiger partial charge on any atom is 0.0412 e. The largest absolute Gasteiger partial charge is 0.361 e. The molecule has 1 aromatic heterocycles. The van der Waals surface area contributed by atoms with Crippen molar-refractivity contribution in [1.82, 2.24) is 4.98 Å². The molecule has 0 aromatic carbocycles. The van der Waals surface area contributed by atoms with Crippen LogP contribution in [0.1, 0.15) is 27.2 Å². The van der Waals surface area contributed by atoms with Gasteiger partial charge in [-0.25, -0.2) is 0 Å². The van der Waals surface area contributed by atoms with E-state index in [-0.39, 0.29) is 0 Å². The van der Waals surface area contributed by atoms with Crippen LogP contribution in [0.4, 0.5) is 0 Å². The van der Waals surface area contributed by atoms with E-state index < -0.39 is 0 Å². The molecule has 0 aliphatic heterocycles. The summed E-state index contributed by atoms with van der Waals surface area (Å²) in [6.45, 7) is 6.42. The number of aromatic nitrogens is 1. The number of rotatable bonds is 1. The summed E-state index contributed by atoms with van der Waals surface area (Å²) in [6, 6.07) is 2.12. The highest BCUT2D eigenvalue weighted by Gasteiger charge is 1.86. The molecule has 0 fully saturated rings. The Morgan fingerprint density at radius 1 is 1.55 bits per heavy atom. The molecule has 0 bridgehead atoms. The second-order valence-electron chi connectivity index (χ2n) is 2.92. The van der Waals surface area contributed by atoms with E-state index in [1.165, 1.54) is 16.1 Å². The highest BCUT2D eigenvalue weighted by Crippen LogP contribution is 1.82. The molecule has 1 rings (SSSR count). The molecule has 0 spiro atoms. The number of nitrogens with one attached hydrogen (secondary N) is 1. The summed E-state index contributed by atoms with van der Waals surface area (Å²) >= 11 is 0. The third-order valence-corrected chi connectivity index (χ3v) is 1.73. The molecule has 0 unspecified atom stereocenters. The van der Waals surface area contributed by atoms with Crippen LogP contribution in [0.3, 0.4) is 0 Å². The summed E-state index contributed by atoms with van der Waals surface area (Å²) in [5.41, 5.74) is 1.37. The lowest BCUT2D eigenvalue weighted by Crippen LogP contribution is -2.23. The Hall–Kier alpha value is -0.980. The molecule has 0 saturated carbocycles. The molecule has 11 heavy (non-hydrogen) atoms. The topological polar surface area (TPSA) is 15.8 Å². The van der Waals surface area contributed by atoms with Gasteiger partial charge in [-0.1, -0.05) is 18.6 Å². The zero-order chi connectivity index (χ0) is 8.27. The minimum atomic E-state index is 1.08. The summed E-state index contributed by atoms with van der Waals surface area (Å²) < 4.78 is 0. The molecule has 0 radical (unpaired) electrons. The van der Waals surface area contributed by atoms with E-state index in [1.54, 1.807) is 0 Å². The molecule has 1 N–H and O–H groups in total. The van der Waals surface area contributed by atoms with Gasteiger partial charge >= 0.3 is 0 Å². The predicted molar refractivity (Wildman–Crippen MR) is 49.6 cm³/mol. The van der Waals surface area contributed by atoms with Crippen LogP contribution >= 0.6 is 0 Å². The smallest absolute Gasteiger partial charge is 0.0412 e. The van der Waals surface area contributed by atoms with E-state index in [2.05, 4.69) is 37.9 Å². The van der Waals surface area contributed by atoms with Crippen molar-refractivity contribution in [3.05, 3.63) is 22.8 Å². The van der Waals surface area contributed by atoms with Gasteiger partial charge in [0.25, 0.3) is 0 Å². The molecule has 1 nitrogen and oxygen atoms in total. The molecule has 0 aliphatic rings. The molecule has 0 amide bonds. The van der Waals surface area contributed by atoms with Gasteiger partial charge < -0.3 is 4.98 Å². The average molecular weight is 149 g/mol. The van der Waals surface area contributed by atoms with Crippen molar-refractivity contribution in [2.45, 2.75) is 27.2 Å². The van der Waals surface area contributed by atoms with E-state index in [4.69, 9.17) is 0 Å². The van der Waals surface area contributed by atoms with Crippen molar-refractivity contribution in [2.24, 2.45) is 0 Å². The van der Waals surface area contributed by atoms with Crippen LogP contribution in [0.15, 0.2) is 12.3 Å². The third-order valence-electron chi connectivity index (χ3n) is 1.73. The first-order valence-corrected chi connectivity index (χ1v) is 4.06. The summed E-state index contributed by atoms with van der Waals surface area (Å²) in [5.74, 6) is 0. The van der Waals surface area contributed by atoms with Gasteiger partial charge in [0, 0.05) is 11.5 Å². The summed E-state index contributed by atoms with van der Waals surface area (Å²) in [6.07, 6.45) is 5.28. The fraction of sp³-hybridized carbons (Fsp3) is 0.400. The zero-order valence-corrected chi connectivity index (χ0v) is 7.44. The second kappa shape index (κ2) is 3.42. The minimum absolute atomic E-state index is 1.08. The number of hydrogen-bond donors (Lipinski definition) is 1. The zero-order valence-electron chi connectivity index (χ0n) is 7.44. The Balaban J connectivity index is 3.40. The highest BCUT2D eigenvalue weighted by molar-refractivity contribution is 5.39. The van der Waals surface area contributed by atoms with Crippen molar-refractivity contribution >= 4 is 11.6 Å². The third kappa shape index (κ3) is 1.73. The maximum atomic E-state index is 3.21. The molecular weight excluding hydrogens is 134 g/mol. The first-order valence-electron chi connectivity index (χ1n) is 4.06. The lowest BCUT2D eigenvalue weighted by molar-refractivity contribution is 1.23. The molecule has 1 heterocycles. The van der Waals surface area contributed by atoms with E-state index in [1.807, 2.05) is 6.20 Å². The fourth-order valence-corrected chi connectivity index (χ4v) is 1.19. The van der Waals surface area contributed by atoms with Gasteiger partial charge in [-0.2, -0.15) is 0 Å². The predicted octanol–water partition coefficient (Wildman–Crippen LogP) is 1.40. The number of aromatic amines is 1. The highest BCUT2D eigenvalue weighted by atomic mass is 14.6. The molecule has 0 atom stereocenters. The van der Waals surface area contributed by atoms with Crippen LogP contribution < -0.4 is 10.6 Å².